The normalized spacial score (nSPS) is 9.73. The number of pyridine rings is 1. The summed E-state index contributed by atoms with van der Waals surface area (Å²) in [4.78, 5) is 24.5. The number of rotatable bonds is 3. The second kappa shape index (κ2) is 4.47. The lowest BCUT2D eigenvalue weighted by Gasteiger charge is -2.02. The van der Waals surface area contributed by atoms with Crippen molar-refractivity contribution in [3.8, 4) is 0 Å². The van der Waals surface area contributed by atoms with Crippen molar-refractivity contribution in [2.75, 3.05) is 6.73 Å². The Morgan fingerprint density at radius 3 is 2.87 bits per heavy atom. The minimum atomic E-state index is -0.638. The zero-order valence-electron chi connectivity index (χ0n) is 7.93. The molecule has 0 aliphatic carbocycles. The van der Waals surface area contributed by atoms with Crippen LogP contribution >= 0.6 is 0 Å². The maximum Gasteiger partial charge on any atom is 0.363 e. The molecule has 1 heterocycles. The standard InChI is InChI=1S/C8H9N3O4/c1-5-2-7(11(14)15)9-3-6(5)8(13)10-4-12/h2-3,12H,4H2,1H3,(H,10,13). The summed E-state index contributed by atoms with van der Waals surface area (Å²) in [6.45, 7) is 1.07. The van der Waals surface area contributed by atoms with Gasteiger partial charge in [-0.2, -0.15) is 0 Å². The Labute approximate surface area is 84.9 Å². The number of carbonyl (C=O) groups is 1. The summed E-state index contributed by atoms with van der Waals surface area (Å²) in [7, 11) is 0. The van der Waals surface area contributed by atoms with Gasteiger partial charge < -0.3 is 20.5 Å². The number of nitro groups is 1. The molecular formula is C8H9N3O4. The van der Waals surface area contributed by atoms with Crippen LogP contribution in [0, 0.1) is 17.0 Å². The van der Waals surface area contributed by atoms with Crippen LogP contribution in [0.5, 0.6) is 0 Å². The molecule has 7 heteroatoms. The fourth-order valence-electron chi connectivity index (χ4n) is 1.05. The average Bonchev–Trinajstić information content (AvgIpc) is 2.17. The van der Waals surface area contributed by atoms with Crippen LogP contribution in [0.2, 0.25) is 0 Å². The fraction of sp³-hybridized carbons (Fsp3) is 0.250. The van der Waals surface area contributed by atoms with E-state index >= 15 is 0 Å². The number of amides is 1. The van der Waals surface area contributed by atoms with Crippen molar-refractivity contribution in [1.82, 2.24) is 10.3 Å². The van der Waals surface area contributed by atoms with Gasteiger partial charge in [0.1, 0.15) is 6.73 Å². The topological polar surface area (TPSA) is 105 Å². The largest absolute Gasteiger partial charge is 0.376 e. The van der Waals surface area contributed by atoms with Gasteiger partial charge in [0, 0.05) is 6.07 Å². The SMILES string of the molecule is Cc1cc([N+](=O)[O-])ncc1C(=O)NCO. The van der Waals surface area contributed by atoms with Gasteiger partial charge in [-0.3, -0.25) is 4.79 Å². The summed E-state index contributed by atoms with van der Waals surface area (Å²) in [6.07, 6.45) is 1.11. The van der Waals surface area contributed by atoms with Crippen molar-refractivity contribution < 1.29 is 14.8 Å². The zero-order valence-corrected chi connectivity index (χ0v) is 7.93. The fourth-order valence-corrected chi connectivity index (χ4v) is 1.05. The van der Waals surface area contributed by atoms with Crippen LogP contribution in [0.4, 0.5) is 5.82 Å². The van der Waals surface area contributed by atoms with Crippen molar-refractivity contribution in [3.05, 3.63) is 33.5 Å². The van der Waals surface area contributed by atoms with Crippen LogP contribution in [0.3, 0.4) is 0 Å². The van der Waals surface area contributed by atoms with Crippen molar-refractivity contribution in [3.63, 3.8) is 0 Å². The van der Waals surface area contributed by atoms with Crippen molar-refractivity contribution >= 4 is 11.7 Å². The molecule has 0 spiro atoms. The van der Waals surface area contributed by atoms with Crippen LogP contribution < -0.4 is 5.32 Å². The quantitative estimate of drug-likeness (QED) is 0.415. The molecule has 0 unspecified atom stereocenters. The molecule has 0 aromatic carbocycles. The Bertz CT molecular complexity index is 405. The van der Waals surface area contributed by atoms with Gasteiger partial charge >= 0.3 is 5.82 Å². The molecule has 0 aliphatic rings. The molecule has 0 aliphatic heterocycles. The highest BCUT2D eigenvalue weighted by atomic mass is 16.6. The van der Waals surface area contributed by atoms with E-state index in [0.29, 0.717) is 5.56 Å². The van der Waals surface area contributed by atoms with E-state index in [4.69, 9.17) is 5.11 Å². The monoisotopic (exact) mass is 211 g/mol. The lowest BCUT2D eigenvalue weighted by molar-refractivity contribution is -0.389. The van der Waals surface area contributed by atoms with Crippen LogP contribution in [0.1, 0.15) is 15.9 Å². The predicted molar refractivity (Wildman–Crippen MR) is 50.2 cm³/mol. The smallest absolute Gasteiger partial charge is 0.363 e. The lowest BCUT2D eigenvalue weighted by Crippen LogP contribution is -2.25. The summed E-state index contributed by atoms with van der Waals surface area (Å²) in [6, 6.07) is 1.20. The molecule has 0 bridgehead atoms. The second-order valence-corrected chi connectivity index (χ2v) is 2.78. The number of aliphatic hydroxyl groups excluding tert-OH is 1. The van der Waals surface area contributed by atoms with Gasteiger partial charge in [0.2, 0.25) is 0 Å². The molecule has 1 aromatic rings. The molecule has 7 nitrogen and oxygen atoms in total. The van der Waals surface area contributed by atoms with Crippen molar-refractivity contribution in [1.29, 1.82) is 0 Å². The Morgan fingerprint density at radius 1 is 1.73 bits per heavy atom. The molecule has 0 saturated heterocycles. The van der Waals surface area contributed by atoms with Gasteiger partial charge in [-0.05, 0) is 22.4 Å². The van der Waals surface area contributed by atoms with Gasteiger partial charge in [0.05, 0.1) is 5.56 Å². The first-order valence-corrected chi connectivity index (χ1v) is 4.06. The Morgan fingerprint density at radius 2 is 2.40 bits per heavy atom. The summed E-state index contributed by atoms with van der Waals surface area (Å²) < 4.78 is 0. The molecule has 1 rings (SSSR count). The van der Waals surface area contributed by atoms with E-state index < -0.39 is 17.6 Å². The first-order valence-electron chi connectivity index (χ1n) is 4.06. The maximum atomic E-state index is 11.3. The van der Waals surface area contributed by atoms with Gasteiger partial charge in [-0.25, -0.2) is 0 Å². The van der Waals surface area contributed by atoms with E-state index in [1.165, 1.54) is 6.07 Å². The Kier molecular flexibility index (Phi) is 3.29. The minimum Gasteiger partial charge on any atom is -0.376 e. The number of nitrogens with one attached hydrogen (secondary N) is 1. The highest BCUT2D eigenvalue weighted by Gasteiger charge is 2.15. The molecule has 0 saturated carbocycles. The van der Waals surface area contributed by atoms with E-state index in [9.17, 15) is 14.9 Å². The van der Waals surface area contributed by atoms with E-state index in [-0.39, 0.29) is 11.4 Å². The molecule has 15 heavy (non-hydrogen) atoms. The van der Waals surface area contributed by atoms with Crippen LogP contribution in [0.15, 0.2) is 12.3 Å². The van der Waals surface area contributed by atoms with E-state index in [1.54, 1.807) is 6.92 Å². The van der Waals surface area contributed by atoms with Crippen LogP contribution in [-0.4, -0.2) is 27.7 Å². The molecule has 1 aromatic heterocycles. The molecule has 1 amide bonds. The highest BCUT2D eigenvalue weighted by Crippen LogP contribution is 2.13. The molecule has 0 fully saturated rings. The van der Waals surface area contributed by atoms with E-state index in [0.717, 1.165) is 6.20 Å². The molecule has 80 valence electrons. The number of nitrogens with zero attached hydrogens (tertiary/aromatic N) is 2. The number of aliphatic hydroxyl groups is 1. The Balaban J connectivity index is 3.03. The van der Waals surface area contributed by atoms with Crippen LogP contribution in [-0.2, 0) is 0 Å². The van der Waals surface area contributed by atoms with Gasteiger partial charge in [0.15, 0.2) is 6.20 Å². The summed E-state index contributed by atoms with van der Waals surface area (Å²) in [5.74, 6) is -0.828. The second-order valence-electron chi connectivity index (χ2n) is 2.78. The third-order valence-electron chi connectivity index (χ3n) is 1.77. The average molecular weight is 211 g/mol. The number of hydrogen-bond acceptors (Lipinski definition) is 5. The minimum absolute atomic E-state index is 0.203. The summed E-state index contributed by atoms with van der Waals surface area (Å²) in [5.41, 5.74) is 0.636. The van der Waals surface area contributed by atoms with E-state index in [2.05, 4.69) is 10.3 Å². The number of aromatic nitrogens is 1. The van der Waals surface area contributed by atoms with E-state index in [1.807, 2.05) is 0 Å². The first kappa shape index (κ1) is 11.1. The molecule has 0 radical (unpaired) electrons. The summed E-state index contributed by atoms with van der Waals surface area (Å²) >= 11 is 0. The predicted octanol–water partition coefficient (Wildman–Crippen LogP) is -0.0222. The lowest BCUT2D eigenvalue weighted by atomic mass is 10.1. The van der Waals surface area contributed by atoms with Gasteiger partial charge in [-0.15, -0.1) is 0 Å². The van der Waals surface area contributed by atoms with Gasteiger partial charge in [-0.1, -0.05) is 0 Å². The molecular weight excluding hydrogens is 202 g/mol. The summed E-state index contributed by atoms with van der Waals surface area (Å²) in [5, 5.41) is 21.0. The number of carbonyl (C=O) groups excluding carboxylic acids is 1. The number of hydrogen-bond donors (Lipinski definition) is 2. The molecule has 0 atom stereocenters. The van der Waals surface area contributed by atoms with Gasteiger partial charge in [0.25, 0.3) is 5.91 Å². The van der Waals surface area contributed by atoms with Crippen LogP contribution in [0.25, 0.3) is 0 Å². The van der Waals surface area contributed by atoms with Crippen molar-refractivity contribution in [2.45, 2.75) is 6.92 Å². The van der Waals surface area contributed by atoms with Crippen molar-refractivity contribution in [2.24, 2.45) is 0 Å². The highest BCUT2D eigenvalue weighted by molar-refractivity contribution is 5.95. The molecule has 2 N–H and O–H groups in total. The zero-order chi connectivity index (χ0) is 11.4. The Hall–Kier alpha value is -2.02. The maximum absolute atomic E-state index is 11.3. The third-order valence-corrected chi connectivity index (χ3v) is 1.77. The first-order chi connectivity index (χ1) is 7.06. The third kappa shape index (κ3) is 2.47. The number of aryl methyl sites for hydroxylation is 1.